The molecule has 31 heavy (non-hydrogen) atoms. The summed E-state index contributed by atoms with van der Waals surface area (Å²) in [4.78, 5) is 38.6. The Balaban J connectivity index is 1.28. The van der Waals surface area contributed by atoms with Crippen LogP contribution in [0.25, 0.3) is 10.2 Å². The quantitative estimate of drug-likeness (QED) is 0.448. The van der Waals surface area contributed by atoms with Crippen molar-refractivity contribution < 1.29 is 14.3 Å². The summed E-state index contributed by atoms with van der Waals surface area (Å²) in [6, 6.07) is 3.49. The Labute approximate surface area is 187 Å². The molecule has 0 spiro atoms. The summed E-state index contributed by atoms with van der Waals surface area (Å²) in [5, 5.41) is 3.61. The lowest BCUT2D eigenvalue weighted by Crippen LogP contribution is -2.15. The van der Waals surface area contributed by atoms with Gasteiger partial charge in [-0.05, 0) is 37.0 Å². The van der Waals surface area contributed by atoms with Gasteiger partial charge in [-0.2, -0.15) is 11.8 Å². The molecular weight excluding hydrogens is 436 g/mol. The minimum absolute atomic E-state index is 0.0460. The standard InChI is InChI=1S/C21H24N4O4S2/c1-28-9-10-29-20-14(5-3-8-22-20)23-17(26)7-11-30-12-16-24-19(27)18-13-4-2-6-15(13)31-21(18)25-16/h3,5,8H,2,4,6-7,9-12H2,1H3,(H,23,26)(H,24,25,27). The number of rotatable bonds is 10. The van der Waals surface area contributed by atoms with Crippen LogP contribution < -0.4 is 15.6 Å². The van der Waals surface area contributed by atoms with E-state index in [4.69, 9.17) is 9.47 Å². The third kappa shape index (κ3) is 5.25. The maximum atomic E-state index is 12.5. The van der Waals surface area contributed by atoms with Crippen molar-refractivity contribution in [2.75, 3.05) is 31.4 Å². The number of aryl methyl sites for hydroxylation is 2. The van der Waals surface area contributed by atoms with Crippen LogP contribution in [0, 0.1) is 0 Å². The average Bonchev–Trinajstić information content (AvgIpc) is 3.33. The van der Waals surface area contributed by atoms with E-state index >= 15 is 0 Å². The van der Waals surface area contributed by atoms with Gasteiger partial charge in [-0.25, -0.2) is 9.97 Å². The van der Waals surface area contributed by atoms with Crippen molar-refractivity contribution in [3.05, 3.63) is 44.9 Å². The lowest BCUT2D eigenvalue weighted by Gasteiger charge is -2.11. The van der Waals surface area contributed by atoms with E-state index in [1.54, 1.807) is 48.5 Å². The molecule has 10 heteroatoms. The fourth-order valence-electron chi connectivity index (χ4n) is 3.48. The molecule has 4 rings (SSSR count). The van der Waals surface area contributed by atoms with Crippen LogP contribution in [0.3, 0.4) is 0 Å². The fraction of sp³-hybridized carbons (Fsp3) is 0.429. The number of nitrogens with zero attached hydrogens (tertiary/aromatic N) is 2. The zero-order chi connectivity index (χ0) is 21.6. The van der Waals surface area contributed by atoms with E-state index in [-0.39, 0.29) is 11.5 Å². The SMILES string of the molecule is COCCOc1ncccc1NC(=O)CCSCc1nc2sc3c(c2c(=O)[nH]1)CCC3. The Morgan fingerprint density at radius 2 is 2.26 bits per heavy atom. The van der Waals surface area contributed by atoms with E-state index in [9.17, 15) is 9.59 Å². The number of thioether (sulfide) groups is 1. The first-order chi connectivity index (χ1) is 15.2. The monoisotopic (exact) mass is 460 g/mol. The molecule has 0 saturated heterocycles. The molecule has 0 bridgehead atoms. The number of carbonyl (C=O) groups excluding carboxylic acids is 1. The molecule has 164 valence electrons. The van der Waals surface area contributed by atoms with E-state index in [2.05, 4.69) is 20.3 Å². The van der Waals surface area contributed by atoms with Crippen LogP contribution >= 0.6 is 23.1 Å². The van der Waals surface area contributed by atoms with Gasteiger partial charge in [-0.3, -0.25) is 9.59 Å². The van der Waals surface area contributed by atoms with Crippen LogP contribution in [-0.4, -0.2) is 46.9 Å². The molecule has 0 unspecified atom stereocenters. The van der Waals surface area contributed by atoms with Crippen molar-refractivity contribution in [3.8, 4) is 5.88 Å². The molecule has 0 atom stereocenters. The summed E-state index contributed by atoms with van der Waals surface area (Å²) in [5.74, 6) is 2.07. The summed E-state index contributed by atoms with van der Waals surface area (Å²) < 4.78 is 10.5. The number of aromatic amines is 1. The van der Waals surface area contributed by atoms with E-state index in [1.165, 1.54) is 10.4 Å². The van der Waals surface area contributed by atoms with Crippen LogP contribution in [0.4, 0.5) is 5.69 Å². The van der Waals surface area contributed by atoms with Crippen molar-refractivity contribution in [2.45, 2.75) is 31.4 Å². The van der Waals surface area contributed by atoms with Gasteiger partial charge in [0.15, 0.2) is 0 Å². The number of ether oxygens (including phenoxy) is 2. The second-order valence-electron chi connectivity index (χ2n) is 7.10. The van der Waals surface area contributed by atoms with Gasteiger partial charge in [-0.1, -0.05) is 0 Å². The number of amides is 1. The van der Waals surface area contributed by atoms with Gasteiger partial charge in [0.1, 0.15) is 22.9 Å². The maximum absolute atomic E-state index is 12.5. The number of carbonyl (C=O) groups is 1. The molecule has 0 saturated carbocycles. The molecule has 3 aromatic rings. The Morgan fingerprint density at radius 3 is 3.13 bits per heavy atom. The first kappa shape index (κ1) is 21.8. The molecule has 3 heterocycles. The van der Waals surface area contributed by atoms with Crippen LogP contribution in [0.1, 0.15) is 29.1 Å². The summed E-state index contributed by atoms with van der Waals surface area (Å²) in [5.41, 5.74) is 1.68. The van der Waals surface area contributed by atoms with E-state index in [1.807, 2.05) is 0 Å². The zero-order valence-electron chi connectivity index (χ0n) is 17.2. The molecule has 0 radical (unpaired) electrons. The molecule has 1 aliphatic carbocycles. The number of nitrogens with one attached hydrogen (secondary N) is 2. The van der Waals surface area contributed by atoms with Gasteiger partial charge >= 0.3 is 0 Å². The highest BCUT2D eigenvalue weighted by Gasteiger charge is 2.21. The summed E-state index contributed by atoms with van der Waals surface area (Å²) in [6.45, 7) is 0.797. The topological polar surface area (TPSA) is 106 Å². The van der Waals surface area contributed by atoms with Gasteiger partial charge in [0.25, 0.3) is 5.56 Å². The van der Waals surface area contributed by atoms with Crippen LogP contribution in [0.2, 0.25) is 0 Å². The fourth-order valence-corrected chi connectivity index (χ4v) is 5.57. The summed E-state index contributed by atoms with van der Waals surface area (Å²) in [6.07, 6.45) is 5.08. The number of hydrogen-bond donors (Lipinski definition) is 2. The second kappa shape index (κ2) is 10.3. The Bertz CT molecular complexity index is 1130. The smallest absolute Gasteiger partial charge is 0.259 e. The molecule has 3 aromatic heterocycles. The molecule has 0 fully saturated rings. The first-order valence-electron chi connectivity index (χ1n) is 10.1. The van der Waals surface area contributed by atoms with Crippen molar-refractivity contribution >= 4 is 44.9 Å². The van der Waals surface area contributed by atoms with Crippen LogP contribution in [0.15, 0.2) is 23.1 Å². The molecule has 8 nitrogen and oxygen atoms in total. The van der Waals surface area contributed by atoms with Crippen molar-refractivity contribution in [3.63, 3.8) is 0 Å². The number of anilines is 1. The minimum Gasteiger partial charge on any atom is -0.474 e. The number of H-pyrrole nitrogens is 1. The van der Waals surface area contributed by atoms with Gasteiger partial charge in [0.2, 0.25) is 11.8 Å². The van der Waals surface area contributed by atoms with Gasteiger partial charge in [-0.15, -0.1) is 11.3 Å². The summed E-state index contributed by atoms with van der Waals surface area (Å²) >= 11 is 3.20. The van der Waals surface area contributed by atoms with Gasteiger partial charge < -0.3 is 19.8 Å². The lowest BCUT2D eigenvalue weighted by molar-refractivity contribution is -0.115. The predicted octanol–water partition coefficient (Wildman–Crippen LogP) is 3.16. The van der Waals surface area contributed by atoms with E-state index in [0.29, 0.717) is 48.5 Å². The molecule has 0 aromatic carbocycles. The highest BCUT2D eigenvalue weighted by molar-refractivity contribution is 7.98. The number of aromatic nitrogens is 3. The molecular formula is C21H24N4O4S2. The largest absolute Gasteiger partial charge is 0.474 e. The number of pyridine rings is 1. The molecule has 2 N–H and O–H groups in total. The average molecular weight is 461 g/mol. The number of thiophene rings is 1. The van der Waals surface area contributed by atoms with Gasteiger partial charge in [0.05, 0.1) is 17.7 Å². The highest BCUT2D eigenvalue weighted by Crippen LogP contribution is 2.34. The predicted molar refractivity (Wildman–Crippen MR) is 123 cm³/mol. The Hall–Kier alpha value is -2.43. The third-order valence-corrected chi connectivity index (χ3v) is 7.06. The molecule has 0 aliphatic heterocycles. The lowest BCUT2D eigenvalue weighted by atomic mass is 10.2. The Morgan fingerprint density at radius 1 is 1.35 bits per heavy atom. The minimum atomic E-state index is -0.122. The third-order valence-electron chi connectivity index (χ3n) is 4.91. The number of methoxy groups -OCH3 is 1. The molecule has 1 aliphatic rings. The van der Waals surface area contributed by atoms with Crippen LogP contribution in [-0.2, 0) is 28.1 Å². The van der Waals surface area contributed by atoms with Gasteiger partial charge in [0, 0.05) is 30.4 Å². The number of hydrogen-bond acceptors (Lipinski definition) is 8. The van der Waals surface area contributed by atoms with Crippen molar-refractivity contribution in [2.24, 2.45) is 0 Å². The molecule has 1 amide bonds. The maximum Gasteiger partial charge on any atom is 0.259 e. The number of fused-ring (bicyclic) bond motifs is 3. The van der Waals surface area contributed by atoms with Crippen molar-refractivity contribution in [1.82, 2.24) is 15.0 Å². The van der Waals surface area contributed by atoms with E-state index in [0.717, 1.165) is 29.5 Å². The van der Waals surface area contributed by atoms with Crippen LogP contribution in [0.5, 0.6) is 5.88 Å². The van der Waals surface area contributed by atoms with Crippen molar-refractivity contribution in [1.29, 1.82) is 0 Å². The summed E-state index contributed by atoms with van der Waals surface area (Å²) in [7, 11) is 1.60. The normalized spacial score (nSPS) is 12.8. The first-order valence-corrected chi connectivity index (χ1v) is 12.1. The second-order valence-corrected chi connectivity index (χ2v) is 9.29. The highest BCUT2D eigenvalue weighted by atomic mass is 32.2. The Kier molecular flexibility index (Phi) is 7.21. The van der Waals surface area contributed by atoms with E-state index < -0.39 is 0 Å². The zero-order valence-corrected chi connectivity index (χ0v) is 18.9.